The van der Waals surface area contributed by atoms with Gasteiger partial charge in [0.15, 0.2) is 0 Å². The molecule has 7 nitrogen and oxygen atoms in total. The number of carboxylic acids is 1. The lowest BCUT2D eigenvalue weighted by Crippen LogP contribution is -2.61. The lowest BCUT2D eigenvalue weighted by molar-refractivity contribution is -0.242. The van der Waals surface area contributed by atoms with Gasteiger partial charge >= 0.3 is 24.5 Å². The zero-order valence-corrected chi connectivity index (χ0v) is 27.4. The molecule has 2 N–H and O–H groups in total. The molecule has 0 unspecified atom stereocenters. The van der Waals surface area contributed by atoms with Gasteiger partial charge in [-0.3, -0.25) is 14.5 Å². The van der Waals surface area contributed by atoms with E-state index in [1.54, 1.807) is 0 Å². The molecule has 278 valence electrons. The van der Waals surface area contributed by atoms with Crippen molar-refractivity contribution in [3.05, 3.63) is 82.1 Å². The summed E-state index contributed by atoms with van der Waals surface area (Å²) >= 11 is 0. The second-order valence-corrected chi connectivity index (χ2v) is 13.5. The second-order valence-electron chi connectivity index (χ2n) is 13.5. The Labute approximate surface area is 290 Å². The smallest absolute Gasteiger partial charge is 0.417 e. The maximum Gasteiger partial charge on any atom is 0.417 e. The molecule has 2 fully saturated rings. The Bertz CT molecular complexity index is 2090. The average Bonchev–Trinajstić information content (AvgIpc) is 3.89. The van der Waals surface area contributed by atoms with E-state index in [4.69, 9.17) is 0 Å². The van der Waals surface area contributed by atoms with Crippen LogP contribution in [0.2, 0.25) is 0 Å². The number of likely N-dealkylation sites (tertiary alicyclic amines) is 1. The maximum absolute atomic E-state index is 14.7. The number of carbonyl (C=O) groups is 2. The first-order valence-electron chi connectivity index (χ1n) is 16.4. The average molecular weight is 742 g/mol. The third-order valence-corrected chi connectivity index (χ3v) is 10.3. The molecule has 4 aromatic rings. The fraction of sp³-hybridized carbons (Fsp3) is 0.417. The summed E-state index contributed by atoms with van der Waals surface area (Å²) in [6.45, 7) is -1.38. The van der Waals surface area contributed by atoms with Gasteiger partial charge in [-0.1, -0.05) is 54.6 Å². The second kappa shape index (κ2) is 13.1. The molecular weight excluding hydrogens is 709 g/mol. The van der Waals surface area contributed by atoms with Crippen molar-refractivity contribution in [2.75, 3.05) is 13.1 Å². The maximum atomic E-state index is 14.7. The van der Waals surface area contributed by atoms with E-state index in [1.807, 2.05) is 5.32 Å². The minimum atomic E-state index is -5.23. The number of amides is 1. The van der Waals surface area contributed by atoms with Crippen LogP contribution in [0.3, 0.4) is 0 Å². The molecule has 2 heterocycles. The van der Waals surface area contributed by atoms with Gasteiger partial charge < -0.3 is 15.0 Å². The number of para-hydroxylation sites is 1. The van der Waals surface area contributed by atoms with E-state index in [9.17, 15) is 59.0 Å². The largest absolute Gasteiger partial charge is 0.480 e. The Morgan fingerprint density at radius 3 is 2.04 bits per heavy atom. The minimum absolute atomic E-state index is 0.0370. The van der Waals surface area contributed by atoms with Crippen LogP contribution in [-0.2, 0) is 29.2 Å². The summed E-state index contributed by atoms with van der Waals surface area (Å²) in [5.74, 6) is -4.16. The first-order valence-corrected chi connectivity index (χ1v) is 16.4. The molecule has 1 saturated carbocycles. The number of benzene rings is 3. The monoisotopic (exact) mass is 741 g/mol. The van der Waals surface area contributed by atoms with Gasteiger partial charge in [-0.25, -0.2) is 4.79 Å². The van der Waals surface area contributed by atoms with Crippen molar-refractivity contribution in [1.29, 1.82) is 0 Å². The van der Waals surface area contributed by atoms with Crippen LogP contribution in [0.5, 0.6) is 0 Å². The fourth-order valence-corrected chi connectivity index (χ4v) is 7.54. The Balaban J connectivity index is 1.34. The molecule has 2 atom stereocenters. The number of hydrogen-bond donors (Lipinski definition) is 2. The first kappa shape index (κ1) is 37.2. The van der Waals surface area contributed by atoms with Crippen LogP contribution in [0.1, 0.15) is 36.8 Å². The number of aromatic nitrogens is 1. The predicted molar refractivity (Wildman–Crippen MR) is 172 cm³/mol. The number of hydrogen-bond acceptors (Lipinski definition) is 4. The molecule has 16 heteroatoms. The van der Waals surface area contributed by atoms with Crippen molar-refractivity contribution in [2.24, 2.45) is 18.4 Å². The van der Waals surface area contributed by atoms with Crippen molar-refractivity contribution in [3.8, 4) is 11.1 Å². The lowest BCUT2D eigenvalue weighted by atomic mass is 9.76. The molecule has 6 rings (SSSR count). The van der Waals surface area contributed by atoms with Crippen LogP contribution < -0.4 is 10.9 Å². The highest BCUT2D eigenvalue weighted by molar-refractivity contribution is 6.02. The Morgan fingerprint density at radius 1 is 0.865 bits per heavy atom. The summed E-state index contributed by atoms with van der Waals surface area (Å²) in [6.07, 6.45) is -17.0. The van der Waals surface area contributed by atoms with E-state index < -0.39 is 103 Å². The number of nitrogens with one attached hydrogen (secondary N) is 1. The third kappa shape index (κ3) is 6.61. The van der Waals surface area contributed by atoms with E-state index in [0.29, 0.717) is 0 Å². The molecule has 0 bridgehead atoms. The molecule has 0 spiro atoms. The molecule has 1 aromatic heterocycles. The molecular formula is C36H32F9N3O4. The fourth-order valence-electron chi connectivity index (χ4n) is 7.54. The topological polar surface area (TPSA) is 91.6 Å². The van der Waals surface area contributed by atoms with Gasteiger partial charge in [-0.2, -0.15) is 39.5 Å². The van der Waals surface area contributed by atoms with Crippen LogP contribution in [0.4, 0.5) is 39.5 Å². The molecule has 2 aliphatic rings. The number of fused-ring (bicyclic) bond motifs is 2. The number of carbonyl (C=O) groups excluding carboxylic acids is 1. The van der Waals surface area contributed by atoms with E-state index >= 15 is 0 Å². The zero-order valence-electron chi connectivity index (χ0n) is 27.4. The van der Waals surface area contributed by atoms with Gasteiger partial charge in [0.2, 0.25) is 5.91 Å². The van der Waals surface area contributed by atoms with Crippen LogP contribution in [0.15, 0.2) is 65.5 Å². The van der Waals surface area contributed by atoms with Crippen molar-refractivity contribution in [3.63, 3.8) is 0 Å². The van der Waals surface area contributed by atoms with Crippen molar-refractivity contribution in [2.45, 2.75) is 62.7 Å². The van der Waals surface area contributed by atoms with Gasteiger partial charge in [-0.15, -0.1) is 0 Å². The van der Waals surface area contributed by atoms with Crippen LogP contribution in [0, 0.1) is 11.3 Å². The molecule has 1 aliphatic heterocycles. The van der Waals surface area contributed by atoms with Crippen LogP contribution in [-0.4, -0.2) is 64.0 Å². The Kier molecular flexibility index (Phi) is 9.37. The number of aryl methyl sites for hydroxylation is 1. The van der Waals surface area contributed by atoms with E-state index in [0.717, 1.165) is 9.47 Å². The normalized spacial score (nSPS) is 18.3. The highest BCUT2D eigenvalue weighted by Crippen LogP contribution is 2.50. The Hall–Kier alpha value is -4.60. The van der Waals surface area contributed by atoms with Crippen molar-refractivity contribution in [1.82, 2.24) is 14.8 Å². The van der Waals surface area contributed by atoms with Gasteiger partial charge in [0.05, 0.1) is 16.6 Å². The summed E-state index contributed by atoms with van der Waals surface area (Å²) < 4.78 is 130. The van der Waals surface area contributed by atoms with Gasteiger partial charge in [0.1, 0.15) is 17.5 Å². The molecule has 1 saturated heterocycles. The summed E-state index contributed by atoms with van der Waals surface area (Å²) in [5.41, 5.74) is -5.91. The number of alkyl halides is 9. The van der Waals surface area contributed by atoms with E-state index in [-0.39, 0.29) is 45.6 Å². The molecule has 1 amide bonds. The standard InChI is InChI=1S/C36H32F9N3O4/c1-47-26-11-3-2-7-24(26)28(34(37,38)39)27(30(47)49)23-10-5-8-21-20(6-4-9-22(21)23)18-25(31(50)51)46-32(52)33(36(43,44)45)14-16-48(17-15-33)29(19-12-13-19)35(40,41)42/h2-11,19,25,29H,12-18H2,1H3,(H,46,52)(H,50,51)/t25-,29+/m0/s1. The SMILES string of the molecule is Cn1c(=O)c(-c2cccc3c(C[C@H](NC(=O)C4(C(F)(F)F)CCN([C@H](C5CC5)C(F)(F)F)CC4)C(=O)O)cccc23)c(C(F)(F)F)c2ccccc21. The number of pyridine rings is 1. The first-order chi connectivity index (χ1) is 24.3. The van der Waals surface area contributed by atoms with Crippen LogP contribution >= 0.6 is 0 Å². The van der Waals surface area contributed by atoms with E-state index in [1.165, 1.54) is 67.7 Å². The summed E-state index contributed by atoms with van der Waals surface area (Å²) in [5, 5.41) is 12.1. The number of nitrogens with zero attached hydrogens (tertiary/aromatic N) is 2. The number of aliphatic carboxylic acids is 1. The molecule has 1 aliphatic carbocycles. The zero-order chi connectivity index (χ0) is 38.0. The summed E-state index contributed by atoms with van der Waals surface area (Å²) in [4.78, 5) is 40.3. The van der Waals surface area contributed by atoms with Gasteiger partial charge in [0.25, 0.3) is 5.56 Å². The highest BCUT2D eigenvalue weighted by Gasteiger charge is 2.63. The molecule has 0 radical (unpaired) electrons. The lowest BCUT2D eigenvalue weighted by Gasteiger charge is -2.44. The number of rotatable bonds is 8. The van der Waals surface area contributed by atoms with Crippen LogP contribution in [0.25, 0.3) is 32.8 Å². The minimum Gasteiger partial charge on any atom is -0.480 e. The molecule has 3 aromatic carbocycles. The molecule has 52 heavy (non-hydrogen) atoms. The third-order valence-electron chi connectivity index (χ3n) is 10.3. The highest BCUT2D eigenvalue weighted by atomic mass is 19.4. The van der Waals surface area contributed by atoms with E-state index in [2.05, 4.69) is 0 Å². The summed E-state index contributed by atoms with van der Waals surface area (Å²) in [6, 6.07) is 9.87. The quantitative estimate of drug-likeness (QED) is 0.183. The van der Waals surface area contributed by atoms with Gasteiger partial charge in [0, 0.05) is 31.9 Å². The predicted octanol–water partition coefficient (Wildman–Crippen LogP) is 7.47. The van der Waals surface area contributed by atoms with Crippen molar-refractivity contribution >= 4 is 33.6 Å². The number of carboxylic acid groups (broad SMARTS) is 1. The summed E-state index contributed by atoms with van der Waals surface area (Å²) in [7, 11) is 1.32. The van der Waals surface area contributed by atoms with Gasteiger partial charge in [-0.05, 0) is 59.6 Å². The number of halogens is 9. The van der Waals surface area contributed by atoms with Crippen molar-refractivity contribution < 1.29 is 54.2 Å². The Morgan fingerprint density at radius 2 is 1.46 bits per heavy atom. The number of piperidine rings is 1.